The van der Waals surface area contributed by atoms with E-state index >= 15 is 0 Å². The lowest BCUT2D eigenvalue weighted by atomic mass is 10.0. The number of fused-ring (bicyclic) bond motifs is 1. The average molecular weight is 326 g/mol. The molecule has 2 rings (SSSR count). The zero-order chi connectivity index (χ0) is 16.2. The number of nitrogens with zero attached hydrogens (tertiary/aromatic N) is 1. The normalized spacial score (nSPS) is 14.5. The first-order chi connectivity index (χ1) is 10.5. The van der Waals surface area contributed by atoms with Crippen LogP contribution in [0.4, 0.5) is 11.4 Å². The molecular weight excluding hydrogens is 304 g/mol. The van der Waals surface area contributed by atoms with Crippen LogP contribution in [-0.4, -0.2) is 40.3 Å². The molecule has 1 heterocycles. The molecule has 0 unspecified atom stereocenters. The van der Waals surface area contributed by atoms with Crippen LogP contribution in [0.2, 0.25) is 0 Å². The number of hydrogen-bond donors (Lipinski definition) is 1. The molecule has 122 valence electrons. The molecule has 1 aliphatic rings. The molecule has 0 bridgehead atoms. The molecular formula is C15H22N2O4S. The topological polar surface area (TPSA) is 75.7 Å². The number of benzene rings is 1. The Labute approximate surface area is 131 Å². The second-order valence-electron chi connectivity index (χ2n) is 5.32. The Kier molecular flexibility index (Phi) is 5.42. The Morgan fingerprint density at radius 3 is 2.86 bits per heavy atom. The van der Waals surface area contributed by atoms with Crippen LogP contribution in [0.1, 0.15) is 25.3 Å². The molecule has 0 saturated heterocycles. The first-order valence-electron chi connectivity index (χ1n) is 7.40. The predicted molar refractivity (Wildman–Crippen MR) is 86.7 cm³/mol. The van der Waals surface area contributed by atoms with Gasteiger partial charge in [0.1, 0.15) is 6.61 Å². The third-order valence-corrected chi connectivity index (χ3v) is 5.49. The number of methoxy groups -OCH3 is 1. The Bertz CT molecular complexity index is 643. The van der Waals surface area contributed by atoms with Gasteiger partial charge in [0, 0.05) is 19.3 Å². The Hall–Kier alpha value is -1.60. The minimum absolute atomic E-state index is 0.00586. The van der Waals surface area contributed by atoms with E-state index in [1.807, 2.05) is 13.0 Å². The maximum atomic E-state index is 12.3. The first-order valence-corrected chi connectivity index (χ1v) is 9.01. The molecule has 1 N–H and O–H groups in total. The van der Waals surface area contributed by atoms with Crippen LogP contribution in [-0.2, 0) is 26.0 Å². The summed E-state index contributed by atoms with van der Waals surface area (Å²) in [5.74, 6) is -0.0765. The molecule has 1 amide bonds. The lowest BCUT2D eigenvalue weighted by Gasteiger charge is -2.30. The van der Waals surface area contributed by atoms with Gasteiger partial charge in [-0.1, -0.05) is 6.92 Å². The van der Waals surface area contributed by atoms with E-state index < -0.39 is 10.0 Å². The number of aryl methyl sites for hydroxylation is 1. The molecule has 1 aromatic carbocycles. The summed E-state index contributed by atoms with van der Waals surface area (Å²) in [5, 5.41) is 2.74. The summed E-state index contributed by atoms with van der Waals surface area (Å²) in [5.41, 5.74) is 2.33. The van der Waals surface area contributed by atoms with E-state index in [1.165, 1.54) is 11.4 Å². The minimum atomic E-state index is -3.27. The molecule has 0 atom stereocenters. The number of rotatable bonds is 6. The van der Waals surface area contributed by atoms with Crippen LogP contribution in [0.3, 0.4) is 0 Å². The standard InChI is InChI=1S/C15H22N2O4S/c1-3-9-22(19,20)17-8-4-5-12-10-13(6-7-14(12)17)16-15(18)11-21-2/h6-7,10H,3-5,8-9,11H2,1-2H3,(H,16,18). The van der Waals surface area contributed by atoms with Gasteiger partial charge in [-0.15, -0.1) is 0 Å². The number of ether oxygens (including phenoxy) is 1. The highest BCUT2D eigenvalue weighted by atomic mass is 32.2. The van der Waals surface area contributed by atoms with Crippen molar-refractivity contribution in [3.8, 4) is 0 Å². The van der Waals surface area contributed by atoms with Crippen LogP contribution in [0.15, 0.2) is 18.2 Å². The van der Waals surface area contributed by atoms with E-state index in [0.29, 0.717) is 18.7 Å². The minimum Gasteiger partial charge on any atom is -0.375 e. The van der Waals surface area contributed by atoms with E-state index in [4.69, 9.17) is 4.74 Å². The summed E-state index contributed by atoms with van der Waals surface area (Å²) >= 11 is 0. The Morgan fingerprint density at radius 1 is 1.41 bits per heavy atom. The van der Waals surface area contributed by atoms with Gasteiger partial charge < -0.3 is 10.1 Å². The van der Waals surface area contributed by atoms with Gasteiger partial charge >= 0.3 is 0 Å². The molecule has 0 fully saturated rings. The van der Waals surface area contributed by atoms with Crippen LogP contribution in [0.25, 0.3) is 0 Å². The highest BCUT2D eigenvalue weighted by Crippen LogP contribution is 2.31. The monoisotopic (exact) mass is 326 g/mol. The highest BCUT2D eigenvalue weighted by molar-refractivity contribution is 7.92. The third-order valence-electron chi connectivity index (χ3n) is 3.51. The molecule has 1 aromatic rings. The maximum absolute atomic E-state index is 12.3. The number of sulfonamides is 1. The SMILES string of the molecule is CCCS(=O)(=O)N1CCCc2cc(NC(=O)COC)ccc21. The second kappa shape index (κ2) is 7.11. The van der Waals surface area contributed by atoms with Gasteiger partial charge in [-0.2, -0.15) is 0 Å². The molecule has 0 radical (unpaired) electrons. The molecule has 0 spiro atoms. The van der Waals surface area contributed by atoms with Crippen molar-refractivity contribution >= 4 is 27.3 Å². The lowest BCUT2D eigenvalue weighted by molar-refractivity contribution is -0.119. The Balaban J connectivity index is 2.25. The second-order valence-corrected chi connectivity index (χ2v) is 7.33. The smallest absolute Gasteiger partial charge is 0.250 e. The van der Waals surface area contributed by atoms with Gasteiger partial charge in [0.05, 0.1) is 11.4 Å². The fourth-order valence-corrected chi connectivity index (χ4v) is 4.25. The zero-order valence-corrected chi connectivity index (χ0v) is 13.8. The molecule has 0 aliphatic carbocycles. The summed E-state index contributed by atoms with van der Waals surface area (Å²) in [6.07, 6.45) is 2.19. The molecule has 0 saturated carbocycles. The van der Waals surface area contributed by atoms with Gasteiger partial charge in [-0.05, 0) is 43.0 Å². The average Bonchev–Trinajstić information content (AvgIpc) is 2.46. The molecule has 7 heteroatoms. The van der Waals surface area contributed by atoms with Gasteiger partial charge in [0.25, 0.3) is 0 Å². The third kappa shape index (κ3) is 3.78. The molecule has 6 nitrogen and oxygen atoms in total. The lowest BCUT2D eigenvalue weighted by Crippen LogP contribution is -2.37. The van der Waals surface area contributed by atoms with Crippen molar-refractivity contribution in [2.24, 2.45) is 0 Å². The van der Waals surface area contributed by atoms with Crippen LogP contribution < -0.4 is 9.62 Å². The van der Waals surface area contributed by atoms with E-state index in [2.05, 4.69) is 5.32 Å². The number of amides is 1. The van der Waals surface area contributed by atoms with Crippen LogP contribution in [0.5, 0.6) is 0 Å². The van der Waals surface area contributed by atoms with Crippen LogP contribution >= 0.6 is 0 Å². The van der Waals surface area contributed by atoms with Gasteiger partial charge in [0.15, 0.2) is 0 Å². The number of nitrogens with one attached hydrogen (secondary N) is 1. The summed E-state index contributed by atoms with van der Waals surface area (Å²) in [7, 11) is -1.80. The quantitative estimate of drug-likeness (QED) is 0.864. The van der Waals surface area contributed by atoms with E-state index in [1.54, 1.807) is 12.1 Å². The van der Waals surface area contributed by atoms with Gasteiger partial charge in [-0.25, -0.2) is 8.42 Å². The van der Waals surface area contributed by atoms with Crippen molar-refractivity contribution in [3.05, 3.63) is 23.8 Å². The van der Waals surface area contributed by atoms with Crippen molar-refractivity contribution < 1.29 is 17.9 Å². The first kappa shape index (κ1) is 16.8. The summed E-state index contributed by atoms with van der Waals surface area (Å²) in [6.45, 7) is 2.37. The number of carbonyl (C=O) groups is 1. The van der Waals surface area contributed by atoms with Crippen molar-refractivity contribution in [1.29, 1.82) is 0 Å². The summed E-state index contributed by atoms with van der Waals surface area (Å²) in [4.78, 5) is 11.5. The maximum Gasteiger partial charge on any atom is 0.250 e. The fraction of sp³-hybridized carbons (Fsp3) is 0.533. The Morgan fingerprint density at radius 2 is 2.18 bits per heavy atom. The zero-order valence-electron chi connectivity index (χ0n) is 13.0. The van der Waals surface area contributed by atoms with Crippen LogP contribution in [0, 0.1) is 0 Å². The molecule has 1 aliphatic heterocycles. The largest absolute Gasteiger partial charge is 0.375 e. The predicted octanol–water partition coefficient (Wildman–Crippen LogP) is 1.76. The van der Waals surface area contributed by atoms with Crippen molar-refractivity contribution in [2.75, 3.05) is 35.6 Å². The molecule has 0 aromatic heterocycles. The summed E-state index contributed by atoms with van der Waals surface area (Å²) < 4.78 is 30.9. The van der Waals surface area contributed by atoms with Gasteiger partial charge in [0.2, 0.25) is 15.9 Å². The van der Waals surface area contributed by atoms with Crippen molar-refractivity contribution in [2.45, 2.75) is 26.2 Å². The fourth-order valence-electron chi connectivity index (χ4n) is 2.63. The number of hydrogen-bond acceptors (Lipinski definition) is 4. The number of anilines is 2. The summed E-state index contributed by atoms with van der Waals surface area (Å²) in [6, 6.07) is 5.34. The number of carbonyl (C=O) groups excluding carboxylic acids is 1. The van der Waals surface area contributed by atoms with E-state index in [-0.39, 0.29) is 18.3 Å². The van der Waals surface area contributed by atoms with E-state index in [0.717, 1.165) is 24.1 Å². The van der Waals surface area contributed by atoms with Crippen molar-refractivity contribution in [3.63, 3.8) is 0 Å². The van der Waals surface area contributed by atoms with Gasteiger partial charge in [-0.3, -0.25) is 9.10 Å². The van der Waals surface area contributed by atoms with Crippen molar-refractivity contribution in [1.82, 2.24) is 0 Å². The molecule has 22 heavy (non-hydrogen) atoms. The highest BCUT2D eigenvalue weighted by Gasteiger charge is 2.26. The van der Waals surface area contributed by atoms with E-state index in [9.17, 15) is 13.2 Å².